The van der Waals surface area contributed by atoms with Gasteiger partial charge in [0.15, 0.2) is 6.61 Å². The summed E-state index contributed by atoms with van der Waals surface area (Å²) >= 11 is 0. The summed E-state index contributed by atoms with van der Waals surface area (Å²) < 4.78 is 5.39. The summed E-state index contributed by atoms with van der Waals surface area (Å²) in [6.45, 7) is 3.46. The van der Waals surface area contributed by atoms with E-state index in [0.717, 1.165) is 5.56 Å². The molecule has 0 saturated heterocycles. The highest BCUT2D eigenvalue weighted by atomic mass is 16.5. The fourth-order valence-electron chi connectivity index (χ4n) is 2.69. The predicted octanol–water partition coefficient (Wildman–Crippen LogP) is 2.56. The van der Waals surface area contributed by atoms with Gasteiger partial charge in [0.05, 0.1) is 5.69 Å². The van der Waals surface area contributed by atoms with Crippen molar-refractivity contribution in [3.63, 3.8) is 0 Å². The normalized spacial score (nSPS) is 14.3. The van der Waals surface area contributed by atoms with Gasteiger partial charge in [0.1, 0.15) is 18.1 Å². The third kappa shape index (κ3) is 3.38. The first-order valence-corrected chi connectivity index (χ1v) is 7.91. The van der Waals surface area contributed by atoms with E-state index in [1.165, 1.54) is 4.90 Å². The second-order valence-corrected chi connectivity index (χ2v) is 5.93. The molecule has 2 aromatic carbocycles. The zero-order valence-electron chi connectivity index (χ0n) is 14.0. The molecule has 128 valence electrons. The van der Waals surface area contributed by atoms with Gasteiger partial charge >= 0.3 is 0 Å². The number of amides is 2. The number of hydrogen-bond acceptors (Lipinski definition) is 4. The lowest BCUT2D eigenvalue weighted by Gasteiger charge is -2.33. The summed E-state index contributed by atoms with van der Waals surface area (Å²) in [7, 11) is 0. The standard InChI is InChI=1S/C19H18N2O4/c1-12-3-6-15(7-4-12)20-19(24)13(2)21-16-9-14(10-22)5-8-17(16)25-11-18(21)23/h3-10,13H,11H2,1-2H3,(H,20,24). The van der Waals surface area contributed by atoms with Gasteiger partial charge in [0, 0.05) is 11.3 Å². The molecule has 2 aromatic rings. The zero-order valence-corrected chi connectivity index (χ0v) is 14.0. The molecule has 2 amide bonds. The van der Waals surface area contributed by atoms with Crippen LogP contribution < -0.4 is 15.0 Å². The maximum atomic E-state index is 12.6. The van der Waals surface area contributed by atoms with Gasteiger partial charge in [0.25, 0.3) is 5.91 Å². The Morgan fingerprint density at radius 3 is 2.64 bits per heavy atom. The minimum absolute atomic E-state index is 0.143. The first-order valence-electron chi connectivity index (χ1n) is 7.91. The number of fused-ring (bicyclic) bond motifs is 1. The summed E-state index contributed by atoms with van der Waals surface area (Å²) in [5.41, 5.74) is 2.58. The molecule has 0 fully saturated rings. The smallest absolute Gasteiger partial charge is 0.265 e. The molecule has 6 nitrogen and oxygen atoms in total. The molecular weight excluding hydrogens is 320 g/mol. The van der Waals surface area contributed by atoms with Crippen molar-refractivity contribution in [2.24, 2.45) is 0 Å². The molecule has 6 heteroatoms. The van der Waals surface area contributed by atoms with E-state index in [-0.39, 0.29) is 18.4 Å². The van der Waals surface area contributed by atoms with Gasteiger partial charge in [-0.15, -0.1) is 0 Å². The lowest BCUT2D eigenvalue weighted by atomic mass is 10.1. The van der Waals surface area contributed by atoms with Crippen LogP contribution in [0.2, 0.25) is 0 Å². The van der Waals surface area contributed by atoms with Crippen LogP contribution in [0.3, 0.4) is 0 Å². The quantitative estimate of drug-likeness (QED) is 0.870. The van der Waals surface area contributed by atoms with E-state index >= 15 is 0 Å². The molecule has 0 spiro atoms. The molecule has 0 radical (unpaired) electrons. The van der Waals surface area contributed by atoms with Crippen LogP contribution in [0.1, 0.15) is 22.8 Å². The molecule has 1 atom stereocenters. The van der Waals surface area contributed by atoms with E-state index in [4.69, 9.17) is 4.74 Å². The van der Waals surface area contributed by atoms with Crippen molar-refractivity contribution in [2.75, 3.05) is 16.8 Å². The highest BCUT2D eigenvalue weighted by Crippen LogP contribution is 2.34. The molecule has 1 N–H and O–H groups in total. The first-order chi connectivity index (χ1) is 12.0. The van der Waals surface area contributed by atoms with E-state index in [9.17, 15) is 14.4 Å². The summed E-state index contributed by atoms with van der Waals surface area (Å²) in [6.07, 6.45) is 0.689. The van der Waals surface area contributed by atoms with Gasteiger partial charge in [-0.05, 0) is 44.2 Å². The van der Waals surface area contributed by atoms with Crippen LogP contribution in [-0.4, -0.2) is 30.7 Å². The summed E-state index contributed by atoms with van der Waals surface area (Å²) in [6, 6.07) is 11.4. The van der Waals surface area contributed by atoms with Crippen LogP contribution >= 0.6 is 0 Å². The Morgan fingerprint density at radius 2 is 1.96 bits per heavy atom. The topological polar surface area (TPSA) is 75.7 Å². The van der Waals surface area contributed by atoms with E-state index < -0.39 is 6.04 Å². The van der Waals surface area contributed by atoms with Crippen LogP contribution in [0, 0.1) is 6.92 Å². The summed E-state index contributed by atoms with van der Waals surface area (Å²) in [5, 5.41) is 2.80. The Bertz CT molecular complexity index is 830. The van der Waals surface area contributed by atoms with Gasteiger partial charge < -0.3 is 10.1 Å². The number of aldehydes is 1. The second-order valence-electron chi connectivity index (χ2n) is 5.93. The molecule has 1 heterocycles. The van der Waals surface area contributed by atoms with Gasteiger partial charge in [-0.25, -0.2) is 0 Å². The predicted molar refractivity (Wildman–Crippen MR) is 94.1 cm³/mol. The third-order valence-corrected chi connectivity index (χ3v) is 4.08. The lowest BCUT2D eigenvalue weighted by molar-refractivity contribution is -0.125. The molecule has 1 unspecified atom stereocenters. The molecule has 0 bridgehead atoms. The average molecular weight is 338 g/mol. The Labute approximate surface area is 145 Å². The highest BCUT2D eigenvalue weighted by molar-refractivity contribution is 6.07. The second kappa shape index (κ2) is 6.76. The minimum atomic E-state index is -0.752. The Morgan fingerprint density at radius 1 is 1.24 bits per heavy atom. The Hall–Kier alpha value is -3.15. The Kier molecular flexibility index (Phi) is 4.52. The van der Waals surface area contributed by atoms with Crippen molar-refractivity contribution in [1.82, 2.24) is 0 Å². The fourth-order valence-corrected chi connectivity index (χ4v) is 2.69. The minimum Gasteiger partial charge on any atom is -0.482 e. The zero-order chi connectivity index (χ0) is 18.0. The molecule has 0 aliphatic carbocycles. The number of carbonyl (C=O) groups is 3. The van der Waals surface area contributed by atoms with E-state index in [2.05, 4.69) is 5.32 Å². The van der Waals surface area contributed by atoms with E-state index in [0.29, 0.717) is 29.0 Å². The van der Waals surface area contributed by atoms with Crippen LogP contribution in [0.4, 0.5) is 11.4 Å². The molecule has 1 aliphatic rings. The average Bonchev–Trinajstić information content (AvgIpc) is 2.62. The Balaban J connectivity index is 1.87. The van der Waals surface area contributed by atoms with Crippen molar-refractivity contribution in [3.8, 4) is 5.75 Å². The molecule has 3 rings (SSSR count). The van der Waals surface area contributed by atoms with E-state index in [1.54, 1.807) is 37.3 Å². The number of hydrogen-bond donors (Lipinski definition) is 1. The number of rotatable bonds is 4. The molecule has 0 saturated carbocycles. The number of anilines is 2. The van der Waals surface area contributed by atoms with Gasteiger partial charge in [-0.1, -0.05) is 17.7 Å². The molecular formula is C19H18N2O4. The number of benzene rings is 2. The monoisotopic (exact) mass is 338 g/mol. The third-order valence-electron chi connectivity index (χ3n) is 4.08. The number of nitrogens with zero attached hydrogens (tertiary/aromatic N) is 1. The van der Waals surface area contributed by atoms with Crippen LogP contribution in [0.25, 0.3) is 0 Å². The SMILES string of the molecule is Cc1ccc(NC(=O)C(C)N2C(=O)COc3ccc(C=O)cc32)cc1. The van der Waals surface area contributed by atoms with Crippen molar-refractivity contribution < 1.29 is 19.1 Å². The fraction of sp³-hybridized carbons (Fsp3) is 0.211. The molecule has 25 heavy (non-hydrogen) atoms. The maximum Gasteiger partial charge on any atom is 0.265 e. The summed E-state index contributed by atoms with van der Waals surface area (Å²) in [4.78, 5) is 37.3. The van der Waals surface area contributed by atoms with Crippen LogP contribution in [0.15, 0.2) is 42.5 Å². The number of carbonyl (C=O) groups excluding carboxylic acids is 3. The van der Waals surface area contributed by atoms with Gasteiger partial charge in [0.2, 0.25) is 5.91 Å². The van der Waals surface area contributed by atoms with Crippen LogP contribution in [-0.2, 0) is 9.59 Å². The van der Waals surface area contributed by atoms with E-state index in [1.807, 2.05) is 19.1 Å². The van der Waals surface area contributed by atoms with Crippen molar-refractivity contribution in [1.29, 1.82) is 0 Å². The lowest BCUT2D eigenvalue weighted by Crippen LogP contribution is -2.49. The largest absolute Gasteiger partial charge is 0.482 e. The number of aryl methyl sites for hydroxylation is 1. The van der Waals surface area contributed by atoms with Gasteiger partial charge in [-0.3, -0.25) is 19.3 Å². The van der Waals surface area contributed by atoms with Gasteiger partial charge in [-0.2, -0.15) is 0 Å². The van der Waals surface area contributed by atoms with Crippen molar-refractivity contribution >= 4 is 29.5 Å². The highest BCUT2D eigenvalue weighted by Gasteiger charge is 2.33. The molecule has 1 aliphatic heterocycles. The number of nitrogens with one attached hydrogen (secondary N) is 1. The first kappa shape index (κ1) is 16.7. The number of ether oxygens (including phenoxy) is 1. The molecule has 0 aromatic heterocycles. The van der Waals surface area contributed by atoms with Crippen molar-refractivity contribution in [2.45, 2.75) is 19.9 Å². The summed E-state index contributed by atoms with van der Waals surface area (Å²) in [5.74, 6) is -0.177. The maximum absolute atomic E-state index is 12.6. The van der Waals surface area contributed by atoms with Crippen molar-refractivity contribution in [3.05, 3.63) is 53.6 Å². The van der Waals surface area contributed by atoms with Crippen LogP contribution in [0.5, 0.6) is 5.75 Å².